The summed E-state index contributed by atoms with van der Waals surface area (Å²) in [5, 5.41) is 6.18. The van der Waals surface area contributed by atoms with Crippen molar-refractivity contribution in [1.29, 1.82) is 0 Å². The molecule has 0 radical (unpaired) electrons. The quantitative estimate of drug-likeness (QED) is 0.724. The maximum Gasteiger partial charge on any atom is 0.220 e. The van der Waals surface area contributed by atoms with Gasteiger partial charge in [0.15, 0.2) is 5.78 Å². The monoisotopic (exact) mass is 289 g/mol. The summed E-state index contributed by atoms with van der Waals surface area (Å²) in [6.45, 7) is 5.61. The second kappa shape index (κ2) is 8.54. The number of amides is 1. The highest BCUT2D eigenvalue weighted by Gasteiger charge is 2.11. The molecule has 1 aliphatic heterocycles. The van der Waals surface area contributed by atoms with Crippen molar-refractivity contribution < 1.29 is 9.59 Å². The van der Waals surface area contributed by atoms with Crippen LogP contribution < -0.4 is 10.6 Å². The standard InChI is InChI=1S/C16H23N3O2/c20-15(14-4-2-1-3-5-14)6-7-16(21)18-10-13-19-11-8-17-9-12-19/h1-5,17H,6-13H2,(H,18,21). The minimum absolute atomic E-state index is 0.0212. The van der Waals surface area contributed by atoms with Gasteiger partial charge >= 0.3 is 0 Å². The van der Waals surface area contributed by atoms with Gasteiger partial charge in [-0.3, -0.25) is 14.5 Å². The van der Waals surface area contributed by atoms with Crippen LogP contribution in [0.4, 0.5) is 0 Å². The Morgan fingerprint density at radius 1 is 1.10 bits per heavy atom. The SMILES string of the molecule is O=C(CCC(=O)c1ccccc1)NCCN1CCNCC1. The highest BCUT2D eigenvalue weighted by atomic mass is 16.2. The number of carbonyl (C=O) groups is 2. The predicted molar refractivity (Wildman–Crippen MR) is 82.3 cm³/mol. The molecule has 1 heterocycles. The molecule has 0 aliphatic carbocycles. The molecule has 1 aromatic rings. The Morgan fingerprint density at radius 2 is 1.81 bits per heavy atom. The van der Waals surface area contributed by atoms with Crippen LogP contribution in [0.25, 0.3) is 0 Å². The summed E-state index contributed by atoms with van der Waals surface area (Å²) in [5.74, 6) is -0.0257. The number of nitrogens with one attached hydrogen (secondary N) is 2. The second-order valence-electron chi connectivity index (χ2n) is 5.23. The van der Waals surface area contributed by atoms with E-state index in [-0.39, 0.29) is 24.5 Å². The van der Waals surface area contributed by atoms with Crippen molar-refractivity contribution in [3.63, 3.8) is 0 Å². The summed E-state index contributed by atoms with van der Waals surface area (Å²) >= 11 is 0. The van der Waals surface area contributed by atoms with Crippen LogP contribution in [0.5, 0.6) is 0 Å². The molecule has 5 nitrogen and oxygen atoms in total. The number of hydrogen-bond donors (Lipinski definition) is 2. The Hall–Kier alpha value is -1.72. The van der Waals surface area contributed by atoms with E-state index in [1.54, 1.807) is 12.1 Å². The molecule has 0 saturated carbocycles. The van der Waals surface area contributed by atoms with E-state index < -0.39 is 0 Å². The molecule has 1 aliphatic rings. The normalized spacial score (nSPS) is 15.6. The Bertz CT molecular complexity index is 456. The van der Waals surface area contributed by atoms with E-state index in [0.717, 1.165) is 32.7 Å². The average molecular weight is 289 g/mol. The van der Waals surface area contributed by atoms with E-state index in [2.05, 4.69) is 15.5 Å². The van der Waals surface area contributed by atoms with Crippen molar-refractivity contribution in [2.45, 2.75) is 12.8 Å². The number of carbonyl (C=O) groups excluding carboxylic acids is 2. The molecule has 0 bridgehead atoms. The number of hydrogen-bond acceptors (Lipinski definition) is 4. The largest absolute Gasteiger partial charge is 0.355 e. The molecule has 0 unspecified atom stereocenters. The average Bonchev–Trinajstić information content (AvgIpc) is 2.54. The maximum atomic E-state index is 11.9. The summed E-state index contributed by atoms with van der Waals surface area (Å²) in [4.78, 5) is 25.9. The van der Waals surface area contributed by atoms with Crippen LogP contribution >= 0.6 is 0 Å². The fourth-order valence-corrected chi connectivity index (χ4v) is 2.37. The van der Waals surface area contributed by atoms with E-state index >= 15 is 0 Å². The van der Waals surface area contributed by atoms with Crippen LogP contribution in [0.2, 0.25) is 0 Å². The maximum absolute atomic E-state index is 11.9. The molecular weight excluding hydrogens is 266 g/mol. The van der Waals surface area contributed by atoms with Gasteiger partial charge in [-0.15, -0.1) is 0 Å². The molecule has 1 fully saturated rings. The van der Waals surface area contributed by atoms with Gasteiger partial charge in [0.05, 0.1) is 0 Å². The Labute approximate surface area is 125 Å². The first kappa shape index (κ1) is 15.7. The van der Waals surface area contributed by atoms with E-state index in [1.807, 2.05) is 18.2 Å². The Morgan fingerprint density at radius 3 is 2.52 bits per heavy atom. The number of Topliss-reactive ketones (excluding diaryl/α,β-unsaturated/α-hetero) is 1. The van der Waals surface area contributed by atoms with Crippen molar-refractivity contribution in [3.05, 3.63) is 35.9 Å². The number of benzene rings is 1. The van der Waals surface area contributed by atoms with Gasteiger partial charge in [0, 0.05) is 57.7 Å². The van der Waals surface area contributed by atoms with Crippen LogP contribution in [0, 0.1) is 0 Å². The second-order valence-corrected chi connectivity index (χ2v) is 5.23. The zero-order chi connectivity index (χ0) is 14.9. The van der Waals surface area contributed by atoms with Crippen molar-refractivity contribution in [1.82, 2.24) is 15.5 Å². The fourth-order valence-electron chi connectivity index (χ4n) is 2.37. The highest BCUT2D eigenvalue weighted by Crippen LogP contribution is 2.04. The molecule has 2 rings (SSSR count). The minimum atomic E-state index is -0.0468. The van der Waals surface area contributed by atoms with Gasteiger partial charge in [0.2, 0.25) is 5.91 Å². The van der Waals surface area contributed by atoms with Crippen LogP contribution in [0.15, 0.2) is 30.3 Å². The van der Waals surface area contributed by atoms with Gasteiger partial charge in [-0.25, -0.2) is 0 Å². The molecule has 2 N–H and O–H groups in total. The third kappa shape index (κ3) is 5.65. The van der Waals surface area contributed by atoms with Crippen molar-refractivity contribution in [3.8, 4) is 0 Å². The zero-order valence-corrected chi connectivity index (χ0v) is 12.3. The van der Waals surface area contributed by atoms with Gasteiger partial charge in [-0.2, -0.15) is 0 Å². The lowest BCUT2D eigenvalue weighted by molar-refractivity contribution is -0.121. The van der Waals surface area contributed by atoms with E-state index in [1.165, 1.54) is 0 Å². The third-order valence-electron chi connectivity index (χ3n) is 3.63. The lowest BCUT2D eigenvalue weighted by Gasteiger charge is -2.27. The fraction of sp³-hybridized carbons (Fsp3) is 0.500. The third-order valence-corrected chi connectivity index (χ3v) is 3.63. The van der Waals surface area contributed by atoms with Gasteiger partial charge < -0.3 is 10.6 Å². The summed E-state index contributed by atoms with van der Waals surface area (Å²) in [7, 11) is 0. The molecule has 1 amide bonds. The van der Waals surface area contributed by atoms with Crippen molar-refractivity contribution in [2.24, 2.45) is 0 Å². The molecule has 0 aromatic heterocycles. The minimum Gasteiger partial charge on any atom is -0.355 e. The van der Waals surface area contributed by atoms with Crippen molar-refractivity contribution >= 4 is 11.7 Å². The topological polar surface area (TPSA) is 61.4 Å². The van der Waals surface area contributed by atoms with Crippen LogP contribution in [0.3, 0.4) is 0 Å². The first-order valence-corrected chi connectivity index (χ1v) is 7.54. The molecule has 0 atom stereocenters. The molecule has 1 saturated heterocycles. The molecule has 1 aromatic carbocycles. The van der Waals surface area contributed by atoms with Crippen LogP contribution in [-0.4, -0.2) is 55.9 Å². The predicted octanol–water partition coefficient (Wildman–Crippen LogP) is 0.671. The Balaban J connectivity index is 1.60. The van der Waals surface area contributed by atoms with E-state index in [0.29, 0.717) is 12.1 Å². The van der Waals surface area contributed by atoms with Crippen LogP contribution in [0.1, 0.15) is 23.2 Å². The molecule has 5 heteroatoms. The number of rotatable bonds is 7. The lowest BCUT2D eigenvalue weighted by atomic mass is 10.1. The number of nitrogens with zero attached hydrogens (tertiary/aromatic N) is 1. The first-order chi connectivity index (χ1) is 10.3. The van der Waals surface area contributed by atoms with E-state index in [9.17, 15) is 9.59 Å². The smallest absolute Gasteiger partial charge is 0.220 e. The number of ketones is 1. The van der Waals surface area contributed by atoms with Gasteiger partial charge in [-0.05, 0) is 0 Å². The van der Waals surface area contributed by atoms with Crippen LogP contribution in [-0.2, 0) is 4.79 Å². The summed E-state index contributed by atoms with van der Waals surface area (Å²) in [5.41, 5.74) is 0.672. The lowest BCUT2D eigenvalue weighted by Crippen LogP contribution is -2.46. The summed E-state index contributed by atoms with van der Waals surface area (Å²) in [6, 6.07) is 9.11. The van der Waals surface area contributed by atoms with E-state index in [4.69, 9.17) is 0 Å². The van der Waals surface area contributed by atoms with Gasteiger partial charge in [0.25, 0.3) is 0 Å². The number of piperazine rings is 1. The first-order valence-electron chi connectivity index (χ1n) is 7.54. The Kier molecular flexibility index (Phi) is 6.37. The zero-order valence-electron chi connectivity index (χ0n) is 12.3. The molecule has 21 heavy (non-hydrogen) atoms. The molecule has 114 valence electrons. The highest BCUT2D eigenvalue weighted by molar-refractivity contribution is 5.97. The van der Waals surface area contributed by atoms with Gasteiger partial charge in [0.1, 0.15) is 0 Å². The van der Waals surface area contributed by atoms with Crippen molar-refractivity contribution in [2.75, 3.05) is 39.3 Å². The molecular formula is C16H23N3O2. The van der Waals surface area contributed by atoms with Gasteiger partial charge in [-0.1, -0.05) is 30.3 Å². The summed E-state index contributed by atoms with van der Waals surface area (Å²) < 4.78 is 0. The molecule has 0 spiro atoms. The summed E-state index contributed by atoms with van der Waals surface area (Å²) in [6.07, 6.45) is 0.527.